The number of alkyl halides is 3. The summed E-state index contributed by atoms with van der Waals surface area (Å²) in [6.07, 6.45) is -1.10. The van der Waals surface area contributed by atoms with Crippen LogP contribution in [0.15, 0.2) is 41.2 Å². The van der Waals surface area contributed by atoms with Crippen LogP contribution in [0.5, 0.6) is 0 Å². The van der Waals surface area contributed by atoms with Crippen LogP contribution in [-0.4, -0.2) is 106 Å². The second-order valence-corrected chi connectivity index (χ2v) is 14.2. The number of anilines is 1. The minimum Gasteiger partial charge on any atom is -0.397 e. The van der Waals surface area contributed by atoms with Gasteiger partial charge in [-0.15, -0.1) is 0 Å². The lowest BCUT2D eigenvalue weighted by Crippen LogP contribution is -2.50. The van der Waals surface area contributed by atoms with Crippen LogP contribution in [0.3, 0.4) is 0 Å². The summed E-state index contributed by atoms with van der Waals surface area (Å²) in [5.41, 5.74) is 5.66. The number of carbonyl (C=O) groups excluding carboxylic acids is 2. The molecule has 3 fully saturated rings. The van der Waals surface area contributed by atoms with Gasteiger partial charge in [0.25, 0.3) is 0 Å². The molecule has 49 heavy (non-hydrogen) atoms. The molecule has 3 aromatic rings. The summed E-state index contributed by atoms with van der Waals surface area (Å²) in [6.45, 7) is 5.93. The zero-order valence-corrected chi connectivity index (χ0v) is 28.6. The van der Waals surface area contributed by atoms with E-state index in [1.165, 1.54) is 6.07 Å². The van der Waals surface area contributed by atoms with Crippen molar-refractivity contribution < 1.29 is 22.8 Å². The number of aromatic nitrogens is 2. The Bertz CT molecular complexity index is 1710. The molecule has 4 heterocycles. The zero-order valence-electron chi connectivity index (χ0n) is 27.9. The molecule has 2 aromatic carbocycles. The minimum absolute atomic E-state index is 0.0762. The number of aromatic amines is 1. The summed E-state index contributed by atoms with van der Waals surface area (Å²) in [4.78, 5) is 51.9. The number of likely N-dealkylation sites (N-methyl/N-ethyl adjacent to an activating group) is 1. The number of nitrogens with zero attached hydrogens (tertiary/aromatic N) is 5. The largest absolute Gasteiger partial charge is 0.418 e. The number of halogens is 4. The number of fused-ring (bicyclic) bond motifs is 1. The van der Waals surface area contributed by atoms with Crippen LogP contribution in [-0.2, 0) is 22.2 Å². The molecule has 2 amide bonds. The van der Waals surface area contributed by atoms with Gasteiger partial charge in [0.15, 0.2) is 0 Å². The van der Waals surface area contributed by atoms with Crippen LogP contribution in [0.2, 0.25) is 5.02 Å². The van der Waals surface area contributed by atoms with Gasteiger partial charge in [-0.1, -0.05) is 23.7 Å². The predicted octanol–water partition coefficient (Wildman–Crippen LogP) is 4.63. The third-order valence-electron chi connectivity index (χ3n) is 10.6. The Labute approximate surface area is 288 Å². The lowest BCUT2D eigenvalue weighted by Gasteiger charge is -2.39. The number of para-hydroxylation sites is 2. The molecule has 0 bridgehead atoms. The second kappa shape index (κ2) is 14.7. The minimum atomic E-state index is -4.72. The fourth-order valence-electron chi connectivity index (χ4n) is 7.85. The van der Waals surface area contributed by atoms with Gasteiger partial charge in [-0.3, -0.25) is 19.1 Å². The fraction of sp³-hybridized carbons (Fsp3) is 0.571. The first-order valence-electron chi connectivity index (χ1n) is 17.2. The fourth-order valence-corrected chi connectivity index (χ4v) is 8.09. The van der Waals surface area contributed by atoms with E-state index in [1.54, 1.807) is 14.4 Å². The lowest BCUT2D eigenvalue weighted by molar-refractivity contribution is -0.143. The van der Waals surface area contributed by atoms with E-state index in [4.69, 9.17) is 17.3 Å². The molecule has 10 nitrogen and oxygen atoms in total. The van der Waals surface area contributed by atoms with Crippen LogP contribution in [0, 0.1) is 5.92 Å². The molecular weight excluding hydrogens is 659 g/mol. The topological polar surface area (TPSA) is 111 Å². The molecule has 3 N–H and O–H groups in total. The van der Waals surface area contributed by atoms with E-state index in [-0.39, 0.29) is 47.0 Å². The Balaban J connectivity index is 1.16. The van der Waals surface area contributed by atoms with E-state index in [9.17, 15) is 27.6 Å². The SMILES string of the molecule is CN1CCCN(C2CCN(C(=O)[C@H](CC(=O)N3CCC(n4c(=O)[nH]c5ccccc54)CC3)Cc3cc(Cl)c(N)c(C(F)(F)F)c3)CC2)CC1. The number of nitrogens with two attached hydrogens (primary N) is 1. The van der Waals surface area contributed by atoms with E-state index in [2.05, 4.69) is 21.8 Å². The molecule has 1 aromatic heterocycles. The maximum Gasteiger partial charge on any atom is 0.418 e. The molecular formula is C35H45ClF3N7O3. The van der Waals surface area contributed by atoms with Gasteiger partial charge in [0, 0.05) is 57.8 Å². The molecule has 266 valence electrons. The maximum absolute atomic E-state index is 14.1. The number of likely N-dealkylation sites (tertiary alicyclic amines) is 2. The van der Waals surface area contributed by atoms with E-state index in [0.29, 0.717) is 45.1 Å². The Morgan fingerprint density at radius 3 is 2.33 bits per heavy atom. The van der Waals surface area contributed by atoms with Crippen molar-refractivity contribution in [1.29, 1.82) is 0 Å². The summed E-state index contributed by atoms with van der Waals surface area (Å²) >= 11 is 6.15. The molecule has 0 unspecified atom stereocenters. The number of nitrogen functional groups attached to an aromatic ring is 1. The number of amides is 2. The van der Waals surface area contributed by atoms with E-state index >= 15 is 0 Å². The number of hydrogen-bond acceptors (Lipinski definition) is 6. The van der Waals surface area contributed by atoms with Gasteiger partial charge in [-0.05, 0) is 88.5 Å². The molecule has 3 aliphatic heterocycles. The van der Waals surface area contributed by atoms with Crippen molar-refractivity contribution in [2.45, 2.75) is 63.2 Å². The molecule has 6 rings (SSSR count). The zero-order chi connectivity index (χ0) is 34.9. The number of rotatable bonds is 7. The quantitative estimate of drug-likeness (QED) is 0.348. The van der Waals surface area contributed by atoms with E-state index < -0.39 is 23.3 Å². The van der Waals surface area contributed by atoms with Crippen molar-refractivity contribution in [2.24, 2.45) is 5.92 Å². The molecule has 3 saturated heterocycles. The Morgan fingerprint density at radius 2 is 1.61 bits per heavy atom. The first-order valence-corrected chi connectivity index (χ1v) is 17.6. The first-order chi connectivity index (χ1) is 23.4. The van der Waals surface area contributed by atoms with Gasteiger partial charge in [-0.25, -0.2) is 4.79 Å². The number of benzene rings is 2. The first kappa shape index (κ1) is 35.3. The number of piperidine rings is 2. The molecule has 3 aliphatic rings. The van der Waals surface area contributed by atoms with Gasteiger partial charge >= 0.3 is 11.9 Å². The molecule has 0 spiro atoms. The molecule has 14 heteroatoms. The number of H-pyrrole nitrogens is 1. The molecule has 1 atom stereocenters. The van der Waals surface area contributed by atoms with Gasteiger partial charge in [0.05, 0.1) is 33.2 Å². The highest BCUT2D eigenvalue weighted by molar-refractivity contribution is 6.33. The van der Waals surface area contributed by atoms with Crippen molar-refractivity contribution in [2.75, 3.05) is 65.1 Å². The summed E-state index contributed by atoms with van der Waals surface area (Å²) in [5, 5.41) is -0.235. The highest BCUT2D eigenvalue weighted by atomic mass is 35.5. The third kappa shape index (κ3) is 7.94. The third-order valence-corrected chi connectivity index (χ3v) is 10.9. The van der Waals surface area contributed by atoms with Crippen LogP contribution in [0.1, 0.15) is 55.7 Å². The highest BCUT2D eigenvalue weighted by Gasteiger charge is 2.37. The predicted molar refractivity (Wildman–Crippen MR) is 183 cm³/mol. The maximum atomic E-state index is 14.1. The van der Waals surface area contributed by atoms with Crippen molar-refractivity contribution >= 4 is 40.1 Å². The van der Waals surface area contributed by atoms with Gasteiger partial charge in [0.1, 0.15) is 0 Å². The molecule has 0 saturated carbocycles. The summed E-state index contributed by atoms with van der Waals surface area (Å²) in [5.74, 6) is -1.33. The Kier molecular flexibility index (Phi) is 10.6. The Morgan fingerprint density at radius 1 is 0.939 bits per heavy atom. The average Bonchev–Trinajstić information content (AvgIpc) is 3.26. The van der Waals surface area contributed by atoms with Crippen molar-refractivity contribution in [3.05, 3.63) is 63.0 Å². The van der Waals surface area contributed by atoms with E-state index in [1.807, 2.05) is 24.3 Å². The van der Waals surface area contributed by atoms with Crippen LogP contribution in [0.4, 0.5) is 18.9 Å². The number of imidazole rings is 1. The van der Waals surface area contributed by atoms with Crippen molar-refractivity contribution in [3.8, 4) is 0 Å². The standard InChI is InChI=1S/C35H45ClF3N7O3/c1-42-11-4-12-43(18-17-42)25-7-15-45(16-8-25)33(48)24(19-23-20-27(35(37,38)39)32(40)28(36)21-23)22-31(47)44-13-9-26(10-14-44)46-30-6-3-2-5-29(30)41-34(46)49/h2-3,5-6,20-21,24-26H,4,7-19,22,40H2,1H3,(H,41,49)/t24-/m0/s1. The van der Waals surface area contributed by atoms with Crippen molar-refractivity contribution in [1.82, 2.24) is 29.2 Å². The average molecular weight is 704 g/mol. The number of nitrogens with one attached hydrogen (secondary N) is 1. The summed E-state index contributed by atoms with van der Waals surface area (Å²) in [7, 11) is 2.13. The normalized spacial score (nSPS) is 20.1. The molecule has 0 aliphatic carbocycles. The van der Waals surface area contributed by atoms with Crippen LogP contribution >= 0.6 is 11.6 Å². The lowest BCUT2D eigenvalue weighted by atomic mass is 9.91. The summed E-state index contributed by atoms with van der Waals surface area (Å²) in [6, 6.07) is 10.1. The summed E-state index contributed by atoms with van der Waals surface area (Å²) < 4.78 is 43.2. The smallest absolute Gasteiger partial charge is 0.397 e. The van der Waals surface area contributed by atoms with Crippen LogP contribution in [0.25, 0.3) is 11.0 Å². The number of hydrogen-bond donors (Lipinski definition) is 2. The van der Waals surface area contributed by atoms with Gasteiger partial charge in [-0.2, -0.15) is 13.2 Å². The van der Waals surface area contributed by atoms with Gasteiger partial charge < -0.3 is 25.4 Å². The highest BCUT2D eigenvalue weighted by Crippen LogP contribution is 2.38. The number of carbonyl (C=O) groups is 2. The monoisotopic (exact) mass is 703 g/mol. The van der Waals surface area contributed by atoms with E-state index in [0.717, 1.165) is 62.5 Å². The van der Waals surface area contributed by atoms with Gasteiger partial charge in [0.2, 0.25) is 11.8 Å². The Hall–Kier alpha value is -3.55. The second-order valence-electron chi connectivity index (χ2n) is 13.8. The molecule has 0 radical (unpaired) electrons. The van der Waals surface area contributed by atoms with Crippen LogP contribution < -0.4 is 11.4 Å². The van der Waals surface area contributed by atoms with Crippen molar-refractivity contribution in [3.63, 3.8) is 0 Å².